The summed E-state index contributed by atoms with van der Waals surface area (Å²) in [5.74, 6) is 0.741. The molecule has 0 aliphatic heterocycles. The molecule has 0 spiro atoms. The molecule has 0 heterocycles. The Morgan fingerprint density at radius 3 is 2.30 bits per heavy atom. The summed E-state index contributed by atoms with van der Waals surface area (Å²) in [5.41, 5.74) is 0. The van der Waals surface area contributed by atoms with Crippen molar-refractivity contribution >= 4 is 29.2 Å². The first-order valence-electron chi connectivity index (χ1n) is 3.67. The van der Waals surface area contributed by atoms with Crippen molar-refractivity contribution in [3.8, 4) is 0 Å². The van der Waals surface area contributed by atoms with Crippen LogP contribution in [0, 0.1) is 5.92 Å². The first-order chi connectivity index (χ1) is 4.70. The van der Waals surface area contributed by atoms with Gasteiger partial charge >= 0.3 is 0 Å². The van der Waals surface area contributed by atoms with Crippen molar-refractivity contribution in [3.05, 3.63) is 0 Å². The molecule has 0 saturated carbocycles. The second kappa shape index (κ2) is 5.98. The zero-order valence-corrected chi connectivity index (χ0v) is 8.27. The molecule has 0 fully saturated rings. The van der Waals surface area contributed by atoms with E-state index in [-0.39, 0.29) is 0 Å². The zero-order valence-electron chi connectivity index (χ0n) is 6.55. The Labute approximate surface area is 74.0 Å². The third-order valence-electron chi connectivity index (χ3n) is 1.70. The van der Waals surface area contributed by atoms with Crippen LogP contribution in [-0.4, -0.2) is 10.9 Å². The predicted molar refractivity (Wildman–Crippen MR) is 53.7 cm³/mol. The maximum absolute atomic E-state index is 4.76. The molecular weight excluding hydrogens is 162 g/mol. The molecule has 0 amide bonds. The van der Waals surface area contributed by atoms with Gasteiger partial charge in [-0.1, -0.05) is 38.9 Å². The largest absolute Gasteiger partial charge is 0.371 e. The normalized spacial score (nSPS) is 10.0. The van der Waals surface area contributed by atoms with Gasteiger partial charge in [-0.15, -0.1) is 12.6 Å². The fourth-order valence-electron chi connectivity index (χ4n) is 0.809. The third-order valence-corrected chi connectivity index (χ3v) is 2.00. The first-order valence-corrected chi connectivity index (χ1v) is 4.53. The smallest absolute Gasteiger partial charge is 0.130 e. The van der Waals surface area contributed by atoms with Crippen LogP contribution in [0.4, 0.5) is 0 Å². The summed E-state index contributed by atoms with van der Waals surface area (Å²) in [4.78, 5) is 0. The monoisotopic (exact) mass is 177 g/mol. The van der Waals surface area contributed by atoms with Crippen LogP contribution < -0.4 is 5.32 Å². The molecule has 0 aromatic heterocycles. The molecule has 1 N–H and O–H groups in total. The van der Waals surface area contributed by atoms with Crippen molar-refractivity contribution in [2.24, 2.45) is 5.92 Å². The van der Waals surface area contributed by atoms with E-state index in [1.54, 1.807) is 0 Å². The molecular formula is C7H15NS2. The number of hydrogen-bond donors (Lipinski definition) is 2. The van der Waals surface area contributed by atoms with Gasteiger partial charge in [-0.2, -0.15) is 0 Å². The molecule has 0 aliphatic carbocycles. The van der Waals surface area contributed by atoms with E-state index < -0.39 is 0 Å². The van der Waals surface area contributed by atoms with E-state index in [1.165, 1.54) is 12.8 Å². The maximum atomic E-state index is 4.76. The summed E-state index contributed by atoms with van der Waals surface area (Å²) in [6.45, 7) is 5.35. The Morgan fingerprint density at radius 2 is 2.00 bits per heavy atom. The van der Waals surface area contributed by atoms with Gasteiger partial charge < -0.3 is 5.32 Å². The summed E-state index contributed by atoms with van der Waals surface area (Å²) >= 11 is 8.73. The highest BCUT2D eigenvalue weighted by molar-refractivity contribution is 8.11. The quantitative estimate of drug-likeness (QED) is 0.504. The maximum Gasteiger partial charge on any atom is 0.130 e. The molecule has 0 aromatic rings. The highest BCUT2D eigenvalue weighted by atomic mass is 32.1. The van der Waals surface area contributed by atoms with Gasteiger partial charge in [0.15, 0.2) is 0 Å². The summed E-state index contributed by atoms with van der Waals surface area (Å²) in [6, 6.07) is 0. The van der Waals surface area contributed by atoms with Crippen LogP contribution in [0.25, 0.3) is 0 Å². The molecule has 0 aromatic carbocycles. The van der Waals surface area contributed by atoms with Gasteiger partial charge in [-0.3, -0.25) is 0 Å². The van der Waals surface area contributed by atoms with Crippen molar-refractivity contribution in [3.63, 3.8) is 0 Å². The van der Waals surface area contributed by atoms with Gasteiger partial charge in [0.2, 0.25) is 0 Å². The molecule has 0 radical (unpaired) electrons. The summed E-state index contributed by atoms with van der Waals surface area (Å²) < 4.78 is 0.604. The van der Waals surface area contributed by atoms with E-state index in [9.17, 15) is 0 Å². The van der Waals surface area contributed by atoms with Crippen LogP contribution in [0.5, 0.6) is 0 Å². The van der Waals surface area contributed by atoms with Gasteiger partial charge in [0, 0.05) is 6.54 Å². The molecule has 60 valence electrons. The molecule has 0 bridgehead atoms. The fraction of sp³-hybridized carbons (Fsp3) is 0.857. The molecule has 0 rings (SSSR count). The topological polar surface area (TPSA) is 12.0 Å². The minimum Gasteiger partial charge on any atom is -0.371 e. The second-order valence-electron chi connectivity index (χ2n) is 2.37. The molecule has 0 atom stereocenters. The van der Waals surface area contributed by atoms with Crippen LogP contribution in [-0.2, 0) is 0 Å². The van der Waals surface area contributed by atoms with Gasteiger partial charge in [0.05, 0.1) is 0 Å². The Hall–Kier alpha value is 0.240. The first kappa shape index (κ1) is 10.2. The van der Waals surface area contributed by atoms with E-state index in [2.05, 4.69) is 31.8 Å². The van der Waals surface area contributed by atoms with E-state index in [4.69, 9.17) is 12.2 Å². The van der Waals surface area contributed by atoms with E-state index in [0.29, 0.717) is 4.32 Å². The van der Waals surface area contributed by atoms with Crippen LogP contribution in [0.1, 0.15) is 26.7 Å². The number of thiocarbonyl (C=S) groups is 1. The Bertz CT molecular complexity index is 99.8. The van der Waals surface area contributed by atoms with Crippen molar-refractivity contribution < 1.29 is 0 Å². The number of rotatable bonds is 4. The van der Waals surface area contributed by atoms with Crippen molar-refractivity contribution in [2.75, 3.05) is 6.54 Å². The van der Waals surface area contributed by atoms with Crippen LogP contribution in [0.3, 0.4) is 0 Å². The molecule has 0 unspecified atom stereocenters. The van der Waals surface area contributed by atoms with E-state index >= 15 is 0 Å². The van der Waals surface area contributed by atoms with Crippen molar-refractivity contribution in [1.82, 2.24) is 5.32 Å². The lowest BCUT2D eigenvalue weighted by molar-refractivity contribution is 0.487. The predicted octanol–water partition coefficient (Wildman–Crippen LogP) is 2.23. The van der Waals surface area contributed by atoms with Gasteiger partial charge in [-0.05, 0) is 5.92 Å². The van der Waals surface area contributed by atoms with Crippen LogP contribution >= 0.6 is 24.8 Å². The van der Waals surface area contributed by atoms with Gasteiger partial charge in [-0.25, -0.2) is 0 Å². The van der Waals surface area contributed by atoms with Gasteiger partial charge in [0.1, 0.15) is 4.32 Å². The molecule has 1 nitrogen and oxygen atoms in total. The summed E-state index contributed by atoms with van der Waals surface area (Å²) in [5, 5.41) is 3.04. The SMILES string of the molecule is CCC(CC)CNC(=S)S. The van der Waals surface area contributed by atoms with E-state index in [0.717, 1.165) is 12.5 Å². The lowest BCUT2D eigenvalue weighted by Gasteiger charge is -2.12. The van der Waals surface area contributed by atoms with Crippen LogP contribution in [0.2, 0.25) is 0 Å². The molecule has 0 saturated heterocycles. The number of nitrogens with one attached hydrogen (secondary N) is 1. The zero-order chi connectivity index (χ0) is 7.98. The second-order valence-corrected chi connectivity index (χ2v) is 3.53. The van der Waals surface area contributed by atoms with Gasteiger partial charge in [0.25, 0.3) is 0 Å². The summed E-state index contributed by atoms with van der Waals surface area (Å²) in [7, 11) is 0. The average molecular weight is 177 g/mol. The Balaban J connectivity index is 3.34. The summed E-state index contributed by atoms with van der Waals surface area (Å²) in [6.07, 6.45) is 2.42. The molecule has 0 aliphatic rings. The van der Waals surface area contributed by atoms with Crippen molar-refractivity contribution in [2.45, 2.75) is 26.7 Å². The standard InChI is InChI=1S/C7H15NS2/c1-3-6(4-2)5-8-7(9)10/h6H,3-5H2,1-2H3,(H2,8,9,10). The average Bonchev–Trinajstić information content (AvgIpc) is 1.90. The number of thiol groups is 1. The highest BCUT2D eigenvalue weighted by Crippen LogP contribution is 2.04. The highest BCUT2D eigenvalue weighted by Gasteiger charge is 2.01. The molecule has 3 heteroatoms. The van der Waals surface area contributed by atoms with Crippen molar-refractivity contribution in [1.29, 1.82) is 0 Å². The lowest BCUT2D eigenvalue weighted by Crippen LogP contribution is -2.23. The third kappa shape index (κ3) is 5.06. The Morgan fingerprint density at radius 1 is 1.50 bits per heavy atom. The molecule has 10 heavy (non-hydrogen) atoms. The number of hydrogen-bond acceptors (Lipinski definition) is 1. The minimum absolute atomic E-state index is 0.604. The van der Waals surface area contributed by atoms with E-state index in [1.807, 2.05) is 0 Å². The lowest BCUT2D eigenvalue weighted by atomic mass is 10.0. The fourth-order valence-corrected chi connectivity index (χ4v) is 0.984. The minimum atomic E-state index is 0.604. The van der Waals surface area contributed by atoms with Crippen LogP contribution in [0.15, 0.2) is 0 Å². The Kier molecular flexibility index (Phi) is 6.13.